The van der Waals surface area contributed by atoms with Crippen molar-refractivity contribution >= 4 is 38.9 Å². The van der Waals surface area contributed by atoms with Crippen molar-refractivity contribution in [1.82, 2.24) is 4.57 Å². The summed E-state index contributed by atoms with van der Waals surface area (Å²) in [6.45, 7) is 0. The van der Waals surface area contributed by atoms with Crippen LogP contribution in [0.2, 0.25) is 0 Å². The lowest BCUT2D eigenvalue weighted by Crippen LogP contribution is -2.19. The third-order valence-corrected chi connectivity index (χ3v) is 8.83. The Balaban J connectivity index is 1.28. The lowest BCUT2D eigenvalue weighted by molar-refractivity contribution is 0.266. The van der Waals surface area contributed by atoms with Gasteiger partial charge in [0.1, 0.15) is 23.2 Å². The smallest absolute Gasteiger partial charge is 0.135 e. The van der Waals surface area contributed by atoms with Crippen LogP contribution in [0.4, 0.5) is 0 Å². The number of aromatic nitrogens is 1. The van der Waals surface area contributed by atoms with Crippen molar-refractivity contribution in [2.75, 3.05) is 0 Å². The van der Waals surface area contributed by atoms with Gasteiger partial charge >= 0.3 is 0 Å². The van der Waals surface area contributed by atoms with Gasteiger partial charge in [0.25, 0.3) is 0 Å². The Morgan fingerprint density at radius 2 is 1.42 bits per heavy atom. The molecule has 1 aliphatic carbocycles. The quantitative estimate of drug-likeness (QED) is 0.215. The van der Waals surface area contributed by atoms with E-state index in [0.717, 1.165) is 61.5 Å². The molecule has 3 heterocycles. The summed E-state index contributed by atoms with van der Waals surface area (Å²) in [5.74, 6) is 1.54. The number of rotatable bonds is 2. The highest BCUT2D eigenvalue weighted by molar-refractivity contribution is 6.09. The van der Waals surface area contributed by atoms with E-state index < -0.39 is 0 Å². The van der Waals surface area contributed by atoms with Gasteiger partial charge < -0.3 is 13.7 Å². The molecule has 0 amide bonds. The van der Waals surface area contributed by atoms with Crippen LogP contribution in [0.15, 0.2) is 114 Å². The maximum atomic E-state index is 9.89. The van der Waals surface area contributed by atoms with E-state index >= 15 is 0 Å². The molecule has 0 bridgehead atoms. The lowest BCUT2D eigenvalue weighted by atomic mass is 9.82. The fraction of sp³-hybridized carbons (Fsp3) is 0.0526. The second kappa shape index (κ2) is 8.73. The van der Waals surface area contributed by atoms with Crippen molar-refractivity contribution < 1.29 is 9.15 Å². The topological polar surface area (TPSA) is 74.9 Å². The predicted octanol–water partition coefficient (Wildman–Crippen LogP) is 8.86. The minimum absolute atomic E-state index is 0.0824. The van der Waals surface area contributed by atoms with Crippen LogP contribution in [0.25, 0.3) is 55.7 Å². The molecule has 5 aromatic carbocycles. The summed E-state index contributed by atoms with van der Waals surface area (Å²) in [6.07, 6.45) is 3.86. The van der Waals surface area contributed by atoms with E-state index in [9.17, 15) is 10.5 Å². The molecule has 2 aliphatic rings. The molecule has 0 N–H and O–H groups in total. The monoisotopic (exact) mass is 551 g/mol. The number of nitrogens with zero attached hydrogens (tertiary/aromatic N) is 3. The van der Waals surface area contributed by atoms with Gasteiger partial charge in [-0.05, 0) is 78.4 Å². The summed E-state index contributed by atoms with van der Waals surface area (Å²) < 4.78 is 15.0. The predicted molar refractivity (Wildman–Crippen MR) is 167 cm³/mol. The zero-order chi connectivity index (χ0) is 28.7. The second-order valence-corrected chi connectivity index (χ2v) is 11.1. The normalized spacial score (nSPS) is 16.4. The first-order valence-corrected chi connectivity index (χ1v) is 14.2. The Bertz CT molecular complexity index is 2380. The molecule has 0 radical (unpaired) electrons. The van der Waals surface area contributed by atoms with E-state index in [-0.39, 0.29) is 12.0 Å². The molecule has 9 rings (SSSR count). The van der Waals surface area contributed by atoms with Gasteiger partial charge in [-0.3, -0.25) is 0 Å². The van der Waals surface area contributed by atoms with E-state index in [2.05, 4.69) is 83.4 Å². The largest absolute Gasteiger partial charge is 0.485 e. The van der Waals surface area contributed by atoms with Crippen molar-refractivity contribution in [3.05, 3.63) is 137 Å². The van der Waals surface area contributed by atoms with Crippen LogP contribution in [0.3, 0.4) is 0 Å². The van der Waals surface area contributed by atoms with Crippen LogP contribution >= 0.6 is 0 Å². The number of ether oxygens (including phenoxy) is 1. The molecular formula is C38H21N3O2. The lowest BCUT2D eigenvalue weighted by Gasteiger charge is -2.20. The van der Waals surface area contributed by atoms with Crippen LogP contribution in [0, 0.1) is 22.7 Å². The summed E-state index contributed by atoms with van der Waals surface area (Å²) in [5, 5.41) is 22.8. The molecule has 0 saturated heterocycles. The molecule has 43 heavy (non-hydrogen) atoms. The van der Waals surface area contributed by atoms with Gasteiger partial charge in [-0.25, -0.2) is 0 Å². The number of fused-ring (bicyclic) bond motifs is 10. The number of para-hydroxylation sites is 2. The Labute approximate surface area is 246 Å². The van der Waals surface area contributed by atoms with Gasteiger partial charge in [-0.1, -0.05) is 42.5 Å². The third kappa shape index (κ3) is 3.31. The molecular weight excluding hydrogens is 530 g/mol. The summed E-state index contributed by atoms with van der Waals surface area (Å²) >= 11 is 0. The zero-order valence-corrected chi connectivity index (χ0v) is 22.8. The summed E-state index contributed by atoms with van der Waals surface area (Å²) in [4.78, 5) is 0. The number of nitriles is 2. The van der Waals surface area contributed by atoms with Crippen molar-refractivity contribution in [2.24, 2.45) is 0 Å². The molecule has 200 valence electrons. The SMILES string of the molecule is N#Cc1ccc(-n2c3ccccc3c3ccccc32)c(-c2ccc3c(c2)C2c4c(oc5ccc(C#N)cc45)C=CC2O3)c1. The van der Waals surface area contributed by atoms with Gasteiger partial charge in [-0.2, -0.15) is 10.5 Å². The maximum absolute atomic E-state index is 9.89. The minimum Gasteiger partial charge on any atom is -0.485 e. The van der Waals surface area contributed by atoms with Gasteiger partial charge in [0.15, 0.2) is 0 Å². The summed E-state index contributed by atoms with van der Waals surface area (Å²) in [7, 11) is 0. The van der Waals surface area contributed by atoms with E-state index in [0.29, 0.717) is 11.1 Å². The molecule has 5 nitrogen and oxygen atoms in total. The van der Waals surface area contributed by atoms with Crippen LogP contribution in [-0.4, -0.2) is 10.7 Å². The Morgan fingerprint density at radius 3 is 2.19 bits per heavy atom. The van der Waals surface area contributed by atoms with Crippen molar-refractivity contribution in [2.45, 2.75) is 12.0 Å². The van der Waals surface area contributed by atoms with Crippen molar-refractivity contribution in [3.63, 3.8) is 0 Å². The van der Waals surface area contributed by atoms with Crippen LogP contribution in [0.5, 0.6) is 5.75 Å². The van der Waals surface area contributed by atoms with E-state index in [4.69, 9.17) is 9.15 Å². The Kier molecular flexibility index (Phi) is 4.80. The van der Waals surface area contributed by atoms with Gasteiger partial charge in [0.05, 0.1) is 45.9 Å². The standard InChI is InChI=1S/C38H21N3O2/c39-20-22-9-12-32(41-30-7-3-1-5-25(30)26-6-2-4-8-31(26)41)27(17-22)24-11-14-34-29(19-24)38-36(43-34)16-15-35-37(38)28-18-23(21-40)10-13-33(28)42-35/h1-19,36,38H. The maximum Gasteiger partial charge on any atom is 0.135 e. The highest BCUT2D eigenvalue weighted by Gasteiger charge is 2.40. The van der Waals surface area contributed by atoms with Crippen LogP contribution < -0.4 is 4.74 Å². The molecule has 7 aromatic rings. The molecule has 2 unspecified atom stereocenters. The average molecular weight is 552 g/mol. The number of benzene rings is 5. The Hall–Kier alpha value is -6.04. The number of furan rings is 1. The van der Waals surface area contributed by atoms with Gasteiger partial charge in [0, 0.05) is 32.8 Å². The summed E-state index contributed by atoms with van der Waals surface area (Å²) in [6, 6.07) is 39.3. The van der Waals surface area contributed by atoms with Crippen LogP contribution in [0.1, 0.15) is 33.9 Å². The first-order valence-electron chi connectivity index (χ1n) is 14.2. The molecule has 0 fully saturated rings. The van der Waals surface area contributed by atoms with Gasteiger partial charge in [0.2, 0.25) is 0 Å². The molecule has 1 aliphatic heterocycles. The van der Waals surface area contributed by atoms with Crippen molar-refractivity contribution in [3.8, 4) is 34.7 Å². The highest BCUT2D eigenvalue weighted by Crippen LogP contribution is 2.51. The van der Waals surface area contributed by atoms with Crippen molar-refractivity contribution in [1.29, 1.82) is 10.5 Å². The molecule has 5 heteroatoms. The van der Waals surface area contributed by atoms with Gasteiger partial charge in [-0.15, -0.1) is 0 Å². The fourth-order valence-corrected chi connectivity index (χ4v) is 6.97. The number of hydrogen-bond acceptors (Lipinski definition) is 4. The van der Waals surface area contributed by atoms with E-state index in [1.807, 2.05) is 42.5 Å². The first-order chi connectivity index (χ1) is 21.2. The number of hydrogen-bond donors (Lipinski definition) is 0. The van der Waals surface area contributed by atoms with E-state index in [1.54, 1.807) is 6.07 Å². The molecule has 2 atom stereocenters. The third-order valence-electron chi connectivity index (χ3n) is 8.83. The minimum atomic E-state index is -0.174. The fourth-order valence-electron chi connectivity index (χ4n) is 6.97. The van der Waals surface area contributed by atoms with Crippen LogP contribution in [-0.2, 0) is 0 Å². The summed E-state index contributed by atoms with van der Waals surface area (Å²) in [5.41, 5.74) is 9.25. The molecule has 0 spiro atoms. The highest BCUT2D eigenvalue weighted by atomic mass is 16.5. The Morgan fingerprint density at radius 1 is 0.698 bits per heavy atom. The van der Waals surface area contributed by atoms with E-state index in [1.165, 1.54) is 10.8 Å². The molecule has 0 saturated carbocycles. The average Bonchev–Trinajstić information content (AvgIpc) is 3.73. The zero-order valence-electron chi connectivity index (χ0n) is 22.8. The molecule has 2 aromatic heterocycles. The second-order valence-electron chi connectivity index (χ2n) is 11.1. The first kappa shape index (κ1) is 23.6.